The van der Waals surface area contributed by atoms with Gasteiger partial charge in [-0.15, -0.1) is 0 Å². The number of halogens is 1. The van der Waals surface area contributed by atoms with E-state index < -0.39 is 93.3 Å². The molecule has 25 heteroatoms. The van der Waals surface area contributed by atoms with Crippen molar-refractivity contribution >= 4 is 72.8 Å². The summed E-state index contributed by atoms with van der Waals surface area (Å²) in [6, 6.07) is 8.50. The SMILES string of the molecule is CC(C)C(=O)Nc1nc2c(ncn2[C@@H]2O[C@H](CNS(=O)(=O)O[C@@H]3[C@@H](CO[Si](C)(C)C(C)(C)C)OC(n4cnc5c(NC(=O)c6ccccc6)ncnc54)[C@@H]3F)[C@@H](C)[C@H]2O[Si](C)(C)C(C)(C)C)c(=O)[nH]1. The van der Waals surface area contributed by atoms with Crippen molar-refractivity contribution in [3.63, 3.8) is 0 Å². The van der Waals surface area contributed by atoms with Gasteiger partial charge in [0, 0.05) is 23.9 Å². The van der Waals surface area contributed by atoms with Crippen LogP contribution in [0.25, 0.3) is 22.3 Å². The van der Waals surface area contributed by atoms with E-state index in [1.807, 2.05) is 40.8 Å². The summed E-state index contributed by atoms with van der Waals surface area (Å²) in [5.74, 6) is -1.67. The summed E-state index contributed by atoms with van der Waals surface area (Å²) in [5, 5.41) is 4.87. The Hall–Kier alpha value is -4.87. The molecule has 2 aliphatic heterocycles. The molecule has 4 N–H and O–H groups in total. The van der Waals surface area contributed by atoms with Crippen molar-refractivity contribution in [3.8, 4) is 0 Å². The third kappa shape index (κ3) is 10.9. The fourth-order valence-corrected chi connectivity index (χ4v) is 10.7. The number of carbonyl (C=O) groups is 2. The molecular weight excluding hydrogens is 950 g/mol. The first-order valence-electron chi connectivity index (χ1n) is 22.9. The number of anilines is 2. The van der Waals surface area contributed by atoms with Gasteiger partial charge in [0.05, 0.1) is 31.5 Å². The molecule has 1 unspecified atom stereocenters. The highest BCUT2D eigenvalue weighted by atomic mass is 32.2. The number of hydrogen-bond donors (Lipinski definition) is 4. The van der Waals surface area contributed by atoms with Gasteiger partial charge in [0.2, 0.25) is 11.9 Å². The van der Waals surface area contributed by atoms with Crippen LogP contribution < -0.4 is 20.9 Å². The molecule has 0 radical (unpaired) electrons. The molecule has 2 saturated heterocycles. The zero-order chi connectivity index (χ0) is 50.6. The zero-order valence-electron chi connectivity index (χ0n) is 41.2. The topological polar surface area (TPSA) is 258 Å². The lowest BCUT2D eigenvalue weighted by Crippen LogP contribution is -2.47. The molecule has 2 aliphatic rings. The number of ether oxygens (including phenoxy) is 2. The van der Waals surface area contributed by atoms with Gasteiger partial charge in [-0.25, -0.2) is 28.5 Å². The van der Waals surface area contributed by atoms with E-state index in [-0.39, 0.29) is 63.2 Å². The van der Waals surface area contributed by atoms with Gasteiger partial charge >= 0.3 is 10.3 Å². The van der Waals surface area contributed by atoms with Crippen LogP contribution in [0.5, 0.6) is 0 Å². The molecule has 1 aromatic carbocycles. The Balaban J connectivity index is 1.15. The smallest absolute Gasteiger partial charge is 0.336 e. The molecule has 0 bridgehead atoms. The van der Waals surface area contributed by atoms with Gasteiger partial charge in [-0.2, -0.15) is 18.1 Å². The second-order valence-electron chi connectivity index (χ2n) is 21.0. The van der Waals surface area contributed by atoms with E-state index in [9.17, 15) is 22.8 Å². The second kappa shape index (κ2) is 19.4. The van der Waals surface area contributed by atoms with Crippen molar-refractivity contribution in [3.05, 3.63) is 65.2 Å². The molecule has 2 amide bonds. The molecule has 5 aromatic rings. The molecule has 0 spiro atoms. The standard InChI is InChI=1S/C44H64FN11O10SSi2/c1-24(2)37(57)53-42-52-36-31(39(59)54-42)49-23-56(36)41-32(66-69(12,13)44(7,8)9)25(3)27(63-41)19-50-67(60,61)65-33-28(20-62-68(10,11)43(4,5)6)64-40(29(33)45)55-22-48-30-34(46-21-47-35(30)55)51-38(58)26-17-15-14-16-18-26/h14-18,21-25,27-29,32-33,40-41,50H,19-20H2,1-13H3,(H,46,47,51,58)(H2,52,53,54,57,59)/t25-,27-,28-,29-,32-,33-,40?,41-/m1/s1. The van der Waals surface area contributed by atoms with Crippen molar-refractivity contribution < 1.29 is 44.9 Å². The van der Waals surface area contributed by atoms with E-state index >= 15 is 4.39 Å². The molecule has 6 heterocycles. The van der Waals surface area contributed by atoms with Crippen LogP contribution in [0.15, 0.2) is 54.1 Å². The number of nitrogens with one attached hydrogen (secondary N) is 4. The van der Waals surface area contributed by atoms with Crippen LogP contribution >= 0.6 is 0 Å². The lowest BCUT2D eigenvalue weighted by molar-refractivity contribution is -0.118. The number of aromatic amines is 1. The lowest BCUT2D eigenvalue weighted by Gasteiger charge is -2.40. The summed E-state index contributed by atoms with van der Waals surface area (Å²) in [7, 11) is -9.79. The van der Waals surface area contributed by atoms with Crippen molar-refractivity contribution in [1.82, 2.24) is 43.8 Å². The van der Waals surface area contributed by atoms with Crippen molar-refractivity contribution in [2.45, 2.75) is 142 Å². The van der Waals surface area contributed by atoms with Crippen molar-refractivity contribution in [1.29, 1.82) is 0 Å². The lowest BCUT2D eigenvalue weighted by atomic mass is 10.0. The summed E-state index contributed by atoms with van der Waals surface area (Å²) < 4.78 is 82.6. The first-order chi connectivity index (χ1) is 32.1. The van der Waals surface area contributed by atoms with Crippen molar-refractivity contribution in [2.75, 3.05) is 23.8 Å². The Morgan fingerprint density at radius 1 is 0.855 bits per heavy atom. The monoisotopic (exact) mass is 1010 g/mol. The first kappa shape index (κ1) is 52.0. The highest BCUT2D eigenvalue weighted by Crippen LogP contribution is 2.45. The second-order valence-corrected chi connectivity index (χ2v) is 31.9. The Bertz CT molecular complexity index is 2850. The zero-order valence-corrected chi connectivity index (χ0v) is 44.0. The third-order valence-electron chi connectivity index (χ3n) is 13.7. The third-order valence-corrected chi connectivity index (χ3v) is 23.7. The number of aromatic nitrogens is 8. The van der Waals surface area contributed by atoms with Gasteiger partial charge in [-0.3, -0.25) is 33.8 Å². The number of imidazole rings is 2. The average molecular weight is 1010 g/mol. The molecule has 4 aromatic heterocycles. The number of alkyl halides is 1. The summed E-state index contributed by atoms with van der Waals surface area (Å²) >= 11 is 0. The Labute approximate surface area is 402 Å². The molecule has 7 rings (SSSR count). The van der Waals surface area contributed by atoms with Gasteiger partial charge in [-0.05, 0) is 48.4 Å². The number of carbonyl (C=O) groups excluding carboxylic acids is 2. The van der Waals surface area contributed by atoms with Crippen molar-refractivity contribution in [2.24, 2.45) is 11.8 Å². The maximum atomic E-state index is 17.1. The highest BCUT2D eigenvalue weighted by molar-refractivity contribution is 7.84. The van der Waals surface area contributed by atoms with Crippen LogP contribution in [0.1, 0.15) is 85.1 Å². The summed E-state index contributed by atoms with van der Waals surface area (Å²) in [6.45, 7) is 25.3. The summed E-state index contributed by atoms with van der Waals surface area (Å²) in [6.07, 6.45) is -5.11. The molecule has 2 fully saturated rings. The number of amides is 2. The van der Waals surface area contributed by atoms with E-state index in [1.54, 1.807) is 48.7 Å². The number of benzene rings is 1. The minimum Gasteiger partial charge on any atom is -0.414 e. The van der Waals surface area contributed by atoms with Gasteiger partial charge in [0.15, 0.2) is 63.4 Å². The number of H-pyrrole nitrogens is 1. The van der Waals surface area contributed by atoms with Crippen LogP contribution in [-0.2, 0) is 37.6 Å². The predicted octanol–water partition coefficient (Wildman–Crippen LogP) is 6.21. The summed E-state index contributed by atoms with van der Waals surface area (Å²) in [4.78, 5) is 63.1. The van der Waals surface area contributed by atoms with Crippen LogP contribution in [0.2, 0.25) is 36.3 Å². The minimum absolute atomic E-state index is 0.00575. The fourth-order valence-electron chi connectivity index (χ4n) is 7.36. The maximum Gasteiger partial charge on any atom is 0.336 e. The van der Waals surface area contributed by atoms with Gasteiger partial charge in [-0.1, -0.05) is 80.5 Å². The normalized spacial score (nSPS) is 23.9. The molecule has 8 atom stereocenters. The molecule has 21 nitrogen and oxygen atoms in total. The quantitative estimate of drug-likeness (QED) is 0.0802. The maximum absolute atomic E-state index is 17.1. The van der Waals surface area contributed by atoms with Crippen LogP contribution in [0.3, 0.4) is 0 Å². The molecule has 69 heavy (non-hydrogen) atoms. The van der Waals surface area contributed by atoms with E-state index in [0.29, 0.717) is 5.56 Å². The molecule has 0 saturated carbocycles. The largest absolute Gasteiger partial charge is 0.414 e. The molecular formula is C44H64FN11O10SSi2. The Morgan fingerprint density at radius 2 is 1.48 bits per heavy atom. The number of rotatable bonds is 16. The minimum atomic E-state index is -4.76. The van der Waals surface area contributed by atoms with Crippen LogP contribution in [0.4, 0.5) is 16.2 Å². The Kier molecular flexibility index (Phi) is 14.6. The van der Waals surface area contributed by atoms with Gasteiger partial charge in [0.1, 0.15) is 18.5 Å². The number of hydrogen-bond acceptors (Lipinski definition) is 15. The molecule has 376 valence electrons. The predicted molar refractivity (Wildman–Crippen MR) is 260 cm³/mol. The van der Waals surface area contributed by atoms with E-state index in [4.69, 9.17) is 22.5 Å². The average Bonchev–Trinajstić information content (AvgIpc) is 4.03. The van der Waals surface area contributed by atoms with E-state index in [1.165, 1.54) is 23.5 Å². The van der Waals surface area contributed by atoms with E-state index in [2.05, 4.69) is 79.1 Å². The van der Waals surface area contributed by atoms with Crippen LogP contribution in [0, 0.1) is 11.8 Å². The summed E-state index contributed by atoms with van der Waals surface area (Å²) in [5.41, 5.74) is 0.165. The number of nitrogens with zero attached hydrogens (tertiary/aromatic N) is 7. The highest BCUT2D eigenvalue weighted by Gasteiger charge is 2.53. The van der Waals surface area contributed by atoms with E-state index in [0.717, 1.165) is 0 Å². The Morgan fingerprint density at radius 3 is 2.12 bits per heavy atom. The van der Waals surface area contributed by atoms with Gasteiger partial charge in [0.25, 0.3) is 11.5 Å². The van der Waals surface area contributed by atoms with Crippen LogP contribution in [-0.4, -0.2) is 120 Å². The van der Waals surface area contributed by atoms with Gasteiger partial charge < -0.3 is 23.6 Å². The first-order valence-corrected chi connectivity index (χ1v) is 30.1. The fraction of sp³-hybridized carbons (Fsp3) is 0.591. The number of fused-ring (bicyclic) bond motifs is 2. The molecule has 0 aliphatic carbocycles.